The lowest BCUT2D eigenvalue weighted by atomic mass is 10.0. The molecule has 0 fully saturated rings. The number of aromatic nitrogens is 3. The zero-order valence-corrected chi connectivity index (χ0v) is 17.6. The number of hydrogen-bond acceptors (Lipinski definition) is 6. The topological polar surface area (TPSA) is 81.1 Å². The van der Waals surface area contributed by atoms with Crippen LogP contribution in [-0.4, -0.2) is 33.1 Å². The van der Waals surface area contributed by atoms with Crippen LogP contribution >= 0.6 is 27.7 Å². The number of benzene rings is 2. The van der Waals surface area contributed by atoms with Gasteiger partial charge in [-0.1, -0.05) is 36.0 Å². The Morgan fingerprint density at radius 3 is 2.75 bits per heavy atom. The highest BCUT2D eigenvalue weighted by molar-refractivity contribution is 9.10. The third kappa shape index (κ3) is 3.59. The molecule has 4 rings (SSSR count). The normalized spacial score (nSPS) is 18.1. The maximum Gasteiger partial charge on any atom is 0.240 e. The van der Waals surface area contributed by atoms with E-state index in [1.165, 1.54) is 11.8 Å². The molecule has 0 spiro atoms. The van der Waals surface area contributed by atoms with Gasteiger partial charge < -0.3 is 15.5 Å². The van der Waals surface area contributed by atoms with Crippen molar-refractivity contribution in [1.82, 2.24) is 14.9 Å². The molecule has 3 aromatic rings. The molecule has 9 heteroatoms. The second kappa shape index (κ2) is 7.84. The molecule has 0 saturated heterocycles. The van der Waals surface area contributed by atoms with Gasteiger partial charge in [-0.25, -0.2) is 4.68 Å². The van der Waals surface area contributed by atoms with Crippen LogP contribution in [0.15, 0.2) is 58.2 Å². The molecular weight excluding hydrogens is 442 g/mol. The van der Waals surface area contributed by atoms with E-state index in [0.717, 1.165) is 27.3 Å². The van der Waals surface area contributed by atoms with Crippen molar-refractivity contribution in [3.63, 3.8) is 0 Å². The monoisotopic (exact) mass is 459 g/mol. The number of carbonyl (C=O) groups is 1. The van der Waals surface area contributed by atoms with Crippen molar-refractivity contribution in [2.45, 2.75) is 23.4 Å². The van der Waals surface area contributed by atoms with Crippen molar-refractivity contribution in [2.75, 3.05) is 17.9 Å². The molecule has 1 aliphatic heterocycles. The molecular formula is C19H18BrN5O2S. The highest BCUT2D eigenvalue weighted by Gasteiger charge is 2.37. The molecule has 0 bridgehead atoms. The number of fused-ring (bicyclic) bond motifs is 1. The minimum Gasteiger partial charge on any atom is -0.496 e. The third-order valence-electron chi connectivity index (χ3n) is 4.43. The quantitative estimate of drug-likeness (QED) is 0.618. The number of nitrogens with one attached hydrogen (secondary N) is 2. The number of aryl methyl sites for hydroxylation is 1. The summed E-state index contributed by atoms with van der Waals surface area (Å²) in [4.78, 5) is 13.1. The van der Waals surface area contributed by atoms with E-state index in [-0.39, 0.29) is 11.9 Å². The molecule has 144 valence electrons. The van der Waals surface area contributed by atoms with Crippen LogP contribution < -0.4 is 15.5 Å². The van der Waals surface area contributed by atoms with Crippen LogP contribution in [0.3, 0.4) is 0 Å². The van der Waals surface area contributed by atoms with Crippen molar-refractivity contribution in [1.29, 1.82) is 0 Å². The number of para-hydroxylation sites is 1. The second-order valence-electron chi connectivity index (χ2n) is 6.26. The summed E-state index contributed by atoms with van der Waals surface area (Å²) in [6.45, 7) is 1.87. The Morgan fingerprint density at radius 1 is 1.25 bits per heavy atom. The summed E-state index contributed by atoms with van der Waals surface area (Å²) in [7, 11) is 1.62. The Bertz CT molecular complexity index is 1010. The van der Waals surface area contributed by atoms with Crippen LogP contribution in [0.5, 0.6) is 5.75 Å². The van der Waals surface area contributed by atoms with E-state index in [1.807, 2.05) is 60.1 Å². The summed E-state index contributed by atoms with van der Waals surface area (Å²) >= 11 is 4.92. The molecule has 7 nitrogen and oxygen atoms in total. The molecule has 28 heavy (non-hydrogen) atoms. The number of nitrogens with zero attached hydrogens (tertiary/aromatic N) is 3. The Labute approximate surface area is 175 Å². The number of anilines is 1. The number of thioether (sulfide) groups is 1. The van der Waals surface area contributed by atoms with Gasteiger partial charge in [0.25, 0.3) is 0 Å². The molecule has 0 aliphatic carbocycles. The first-order valence-corrected chi connectivity index (χ1v) is 10.3. The molecule has 2 aromatic carbocycles. The highest BCUT2D eigenvalue weighted by Crippen LogP contribution is 2.39. The summed E-state index contributed by atoms with van der Waals surface area (Å²) in [6.07, 6.45) is 0. The van der Waals surface area contributed by atoms with Crippen molar-refractivity contribution < 1.29 is 9.53 Å². The van der Waals surface area contributed by atoms with E-state index in [2.05, 4.69) is 36.9 Å². The van der Waals surface area contributed by atoms with Crippen molar-refractivity contribution >= 4 is 39.3 Å². The predicted octanol–water partition coefficient (Wildman–Crippen LogP) is 3.76. The molecule has 2 atom stereocenters. The van der Waals surface area contributed by atoms with Gasteiger partial charge in [0.2, 0.25) is 11.1 Å². The molecule has 1 aliphatic rings. The molecule has 2 heterocycles. The summed E-state index contributed by atoms with van der Waals surface area (Å²) in [6, 6.07) is 14.9. The standard InChI is InChI=1S/C19H18BrN5O2S/c1-11-22-23-19-25(11)24-16(12-8-9-15(27-2)14(20)10-12)17(28-19)18(26)21-13-6-4-3-5-7-13/h3-10,16-17,24H,1-2H3,(H,21,26)/t16-,17-/m0/s1. The molecule has 1 aromatic heterocycles. The van der Waals surface area contributed by atoms with E-state index >= 15 is 0 Å². The minimum atomic E-state index is -0.434. The van der Waals surface area contributed by atoms with Crippen LogP contribution in [-0.2, 0) is 4.79 Å². The van der Waals surface area contributed by atoms with Crippen LogP contribution in [0, 0.1) is 6.92 Å². The Hall–Kier alpha value is -2.52. The smallest absolute Gasteiger partial charge is 0.240 e. The van der Waals surface area contributed by atoms with Gasteiger partial charge in [-0.3, -0.25) is 4.79 Å². The Kier molecular flexibility index (Phi) is 5.27. The largest absolute Gasteiger partial charge is 0.496 e. The lowest BCUT2D eigenvalue weighted by Gasteiger charge is -2.33. The number of carbonyl (C=O) groups excluding carboxylic acids is 1. The van der Waals surface area contributed by atoms with Crippen molar-refractivity contribution in [2.24, 2.45) is 0 Å². The van der Waals surface area contributed by atoms with Gasteiger partial charge in [0, 0.05) is 5.69 Å². The van der Waals surface area contributed by atoms with Crippen LogP contribution in [0.2, 0.25) is 0 Å². The van der Waals surface area contributed by atoms with Gasteiger partial charge in [-0.05, 0) is 52.7 Å². The Balaban J connectivity index is 1.69. The van der Waals surface area contributed by atoms with E-state index in [4.69, 9.17) is 4.74 Å². The first-order valence-electron chi connectivity index (χ1n) is 8.61. The van der Waals surface area contributed by atoms with Gasteiger partial charge in [-0.15, -0.1) is 10.2 Å². The lowest BCUT2D eigenvalue weighted by molar-refractivity contribution is -0.116. The summed E-state index contributed by atoms with van der Waals surface area (Å²) < 4.78 is 7.97. The van der Waals surface area contributed by atoms with Gasteiger partial charge in [-0.2, -0.15) is 0 Å². The average molecular weight is 460 g/mol. The van der Waals surface area contributed by atoms with Crippen molar-refractivity contribution in [3.8, 4) is 5.75 Å². The van der Waals surface area contributed by atoms with Crippen LogP contribution in [0.1, 0.15) is 17.4 Å². The summed E-state index contributed by atoms with van der Waals surface area (Å²) in [5, 5.41) is 11.5. The summed E-state index contributed by atoms with van der Waals surface area (Å²) in [5.41, 5.74) is 5.10. The predicted molar refractivity (Wildman–Crippen MR) is 112 cm³/mol. The van der Waals surface area contributed by atoms with Crippen LogP contribution in [0.4, 0.5) is 5.69 Å². The SMILES string of the molecule is COc1ccc([C@@H]2Nn3c(C)nnc3S[C@@H]2C(=O)Nc2ccccc2)cc1Br. The van der Waals surface area contributed by atoms with Crippen molar-refractivity contribution in [3.05, 3.63) is 64.4 Å². The first kappa shape index (κ1) is 18.8. The number of methoxy groups -OCH3 is 1. The molecule has 0 radical (unpaired) electrons. The maximum atomic E-state index is 13.1. The van der Waals surface area contributed by atoms with E-state index in [1.54, 1.807) is 7.11 Å². The van der Waals surface area contributed by atoms with Gasteiger partial charge in [0.1, 0.15) is 16.8 Å². The highest BCUT2D eigenvalue weighted by atomic mass is 79.9. The lowest BCUT2D eigenvalue weighted by Crippen LogP contribution is -2.41. The molecule has 2 N–H and O–H groups in total. The fourth-order valence-electron chi connectivity index (χ4n) is 3.02. The first-order chi connectivity index (χ1) is 13.6. The minimum absolute atomic E-state index is 0.104. The molecule has 0 saturated carbocycles. The van der Waals surface area contributed by atoms with Gasteiger partial charge in [0.15, 0.2) is 0 Å². The zero-order valence-electron chi connectivity index (χ0n) is 15.2. The molecule has 1 amide bonds. The number of amides is 1. The Morgan fingerprint density at radius 2 is 2.04 bits per heavy atom. The third-order valence-corrected chi connectivity index (χ3v) is 6.27. The fourth-order valence-corrected chi connectivity index (χ4v) is 4.71. The van der Waals surface area contributed by atoms with Gasteiger partial charge >= 0.3 is 0 Å². The van der Waals surface area contributed by atoms with E-state index in [9.17, 15) is 4.79 Å². The zero-order chi connectivity index (χ0) is 19.7. The number of ether oxygens (including phenoxy) is 1. The number of halogens is 1. The van der Waals surface area contributed by atoms with Crippen LogP contribution in [0.25, 0.3) is 0 Å². The number of hydrogen-bond donors (Lipinski definition) is 2. The van der Waals surface area contributed by atoms with E-state index in [0.29, 0.717) is 5.16 Å². The molecule has 0 unspecified atom stereocenters. The fraction of sp³-hybridized carbons (Fsp3) is 0.211. The second-order valence-corrected chi connectivity index (χ2v) is 8.22. The van der Waals surface area contributed by atoms with Gasteiger partial charge in [0.05, 0.1) is 17.6 Å². The van der Waals surface area contributed by atoms with E-state index < -0.39 is 5.25 Å². The summed E-state index contributed by atoms with van der Waals surface area (Å²) in [5.74, 6) is 1.37. The maximum absolute atomic E-state index is 13.1. The number of rotatable bonds is 4. The average Bonchev–Trinajstić information content (AvgIpc) is 3.08.